The van der Waals surface area contributed by atoms with Crippen molar-refractivity contribution in [3.8, 4) is 5.75 Å². The molecule has 7 heteroatoms. The molecule has 0 radical (unpaired) electrons. The number of nitrogens with one attached hydrogen (secondary N) is 2. The zero-order valence-corrected chi connectivity index (χ0v) is 16.1. The molecule has 2 aromatic carbocycles. The van der Waals surface area contributed by atoms with Crippen LogP contribution in [0.5, 0.6) is 5.75 Å². The van der Waals surface area contributed by atoms with Crippen LogP contribution in [-0.2, 0) is 14.4 Å². The monoisotopic (exact) mass is 381 g/mol. The van der Waals surface area contributed by atoms with E-state index in [1.807, 2.05) is 32.0 Å². The minimum atomic E-state index is -0.925. The second-order valence-corrected chi connectivity index (χ2v) is 6.86. The standard InChI is InChI=1S/C21H23N3O4/c1-13-7-6-8-14(2)20(13)23-18(25)12-24(3)19(26)11-17-21(27)22-15-9-4-5-10-16(15)28-17/h4-10,17H,11-12H2,1-3H3,(H,22,27)(H,23,25)/t17-/m0/s1. The Hall–Kier alpha value is -3.35. The van der Waals surface area contributed by atoms with Crippen molar-refractivity contribution in [3.63, 3.8) is 0 Å². The Morgan fingerprint density at radius 1 is 1.11 bits per heavy atom. The van der Waals surface area contributed by atoms with Crippen molar-refractivity contribution in [2.45, 2.75) is 26.4 Å². The molecule has 0 bridgehead atoms. The van der Waals surface area contributed by atoms with Crippen LogP contribution < -0.4 is 15.4 Å². The van der Waals surface area contributed by atoms with Gasteiger partial charge in [0, 0.05) is 12.7 Å². The van der Waals surface area contributed by atoms with Gasteiger partial charge in [-0.1, -0.05) is 30.3 Å². The van der Waals surface area contributed by atoms with Gasteiger partial charge in [0.05, 0.1) is 18.7 Å². The van der Waals surface area contributed by atoms with E-state index in [0.29, 0.717) is 11.4 Å². The van der Waals surface area contributed by atoms with Crippen molar-refractivity contribution in [3.05, 3.63) is 53.6 Å². The smallest absolute Gasteiger partial charge is 0.266 e. The lowest BCUT2D eigenvalue weighted by molar-refractivity contribution is -0.137. The van der Waals surface area contributed by atoms with Gasteiger partial charge in [0.2, 0.25) is 11.8 Å². The Labute approximate surface area is 163 Å². The molecule has 0 saturated heterocycles. The van der Waals surface area contributed by atoms with Crippen LogP contribution in [-0.4, -0.2) is 42.3 Å². The molecule has 28 heavy (non-hydrogen) atoms. The number of rotatable bonds is 5. The second kappa shape index (κ2) is 8.12. The van der Waals surface area contributed by atoms with Crippen molar-refractivity contribution in [1.29, 1.82) is 0 Å². The van der Waals surface area contributed by atoms with Gasteiger partial charge in [-0.15, -0.1) is 0 Å². The van der Waals surface area contributed by atoms with Crippen LogP contribution in [0.25, 0.3) is 0 Å². The molecule has 0 saturated carbocycles. The van der Waals surface area contributed by atoms with Crippen molar-refractivity contribution in [1.82, 2.24) is 4.90 Å². The molecule has 3 amide bonds. The van der Waals surface area contributed by atoms with Crippen LogP contribution in [0, 0.1) is 13.8 Å². The quantitative estimate of drug-likeness (QED) is 0.833. The number of amides is 3. The molecule has 0 aliphatic carbocycles. The first-order valence-electron chi connectivity index (χ1n) is 9.01. The van der Waals surface area contributed by atoms with E-state index in [-0.39, 0.29) is 30.7 Å². The van der Waals surface area contributed by atoms with E-state index in [1.54, 1.807) is 24.3 Å². The highest BCUT2D eigenvalue weighted by molar-refractivity contribution is 6.00. The van der Waals surface area contributed by atoms with E-state index in [9.17, 15) is 14.4 Å². The maximum absolute atomic E-state index is 12.5. The zero-order valence-electron chi connectivity index (χ0n) is 16.1. The van der Waals surface area contributed by atoms with E-state index >= 15 is 0 Å². The molecular weight excluding hydrogens is 358 g/mol. The minimum absolute atomic E-state index is 0.114. The Bertz CT molecular complexity index is 905. The number of likely N-dealkylation sites (N-methyl/N-ethyl adjacent to an activating group) is 1. The number of ether oxygens (including phenoxy) is 1. The maximum atomic E-state index is 12.5. The highest BCUT2D eigenvalue weighted by Crippen LogP contribution is 2.29. The zero-order chi connectivity index (χ0) is 20.3. The number of hydrogen-bond acceptors (Lipinski definition) is 4. The summed E-state index contributed by atoms with van der Waals surface area (Å²) in [6.45, 7) is 3.71. The average molecular weight is 381 g/mol. The molecule has 0 fully saturated rings. The third-order valence-corrected chi connectivity index (χ3v) is 4.62. The maximum Gasteiger partial charge on any atom is 0.266 e. The third kappa shape index (κ3) is 4.31. The molecule has 2 aromatic rings. The summed E-state index contributed by atoms with van der Waals surface area (Å²) in [6, 6.07) is 12.8. The summed E-state index contributed by atoms with van der Waals surface area (Å²) in [4.78, 5) is 38.3. The molecule has 0 aromatic heterocycles. The van der Waals surface area contributed by atoms with Gasteiger partial charge in [0.25, 0.3) is 5.91 Å². The summed E-state index contributed by atoms with van der Waals surface area (Å²) < 4.78 is 5.64. The van der Waals surface area contributed by atoms with Gasteiger partial charge in [-0.25, -0.2) is 0 Å². The fraction of sp³-hybridized carbons (Fsp3) is 0.286. The van der Waals surface area contributed by atoms with E-state index in [2.05, 4.69) is 10.6 Å². The summed E-state index contributed by atoms with van der Waals surface area (Å²) >= 11 is 0. The molecule has 2 N–H and O–H groups in total. The fourth-order valence-corrected chi connectivity index (χ4v) is 3.04. The number of fused-ring (bicyclic) bond motifs is 1. The van der Waals surface area contributed by atoms with E-state index < -0.39 is 6.10 Å². The van der Waals surface area contributed by atoms with Gasteiger partial charge in [-0.3, -0.25) is 14.4 Å². The van der Waals surface area contributed by atoms with Crippen LogP contribution in [0.3, 0.4) is 0 Å². The molecule has 1 heterocycles. The average Bonchev–Trinajstić information content (AvgIpc) is 2.65. The van der Waals surface area contributed by atoms with Crippen LogP contribution >= 0.6 is 0 Å². The van der Waals surface area contributed by atoms with Gasteiger partial charge in [0.15, 0.2) is 6.10 Å². The van der Waals surface area contributed by atoms with Gasteiger partial charge >= 0.3 is 0 Å². The number of carbonyl (C=O) groups is 3. The number of benzene rings is 2. The van der Waals surface area contributed by atoms with E-state index in [1.165, 1.54) is 11.9 Å². The number of carbonyl (C=O) groups excluding carboxylic acids is 3. The Morgan fingerprint density at radius 3 is 2.50 bits per heavy atom. The third-order valence-electron chi connectivity index (χ3n) is 4.62. The lowest BCUT2D eigenvalue weighted by Gasteiger charge is -2.26. The molecule has 1 aliphatic rings. The topological polar surface area (TPSA) is 87.7 Å². The van der Waals surface area contributed by atoms with Crippen LogP contribution in [0.15, 0.2) is 42.5 Å². The molecule has 0 unspecified atom stereocenters. The number of nitrogens with zero attached hydrogens (tertiary/aromatic N) is 1. The SMILES string of the molecule is Cc1cccc(C)c1NC(=O)CN(C)C(=O)C[C@@H]1Oc2ccccc2NC1=O. The summed E-state index contributed by atoms with van der Waals surface area (Å²) in [5.41, 5.74) is 3.24. The molecule has 1 aliphatic heterocycles. The van der Waals surface area contributed by atoms with Gasteiger partial charge in [0.1, 0.15) is 5.75 Å². The van der Waals surface area contributed by atoms with Gasteiger partial charge in [-0.05, 0) is 37.1 Å². The van der Waals surface area contributed by atoms with Crippen molar-refractivity contribution in [2.24, 2.45) is 0 Å². The number of para-hydroxylation sites is 3. The first-order valence-corrected chi connectivity index (χ1v) is 9.01. The molecule has 7 nitrogen and oxygen atoms in total. The second-order valence-electron chi connectivity index (χ2n) is 6.86. The number of hydrogen-bond donors (Lipinski definition) is 2. The molecular formula is C21H23N3O4. The van der Waals surface area contributed by atoms with Gasteiger partial charge in [-0.2, -0.15) is 0 Å². The Kier molecular flexibility index (Phi) is 5.63. The molecule has 3 rings (SSSR count). The van der Waals surface area contributed by atoms with E-state index in [4.69, 9.17) is 4.74 Å². The molecule has 146 valence electrons. The molecule has 1 atom stereocenters. The summed E-state index contributed by atoms with van der Waals surface area (Å²) in [6.07, 6.45) is -1.07. The minimum Gasteiger partial charge on any atom is -0.478 e. The van der Waals surface area contributed by atoms with E-state index in [0.717, 1.165) is 16.8 Å². The predicted octanol–water partition coefficient (Wildman–Crippen LogP) is 2.49. The number of anilines is 2. The summed E-state index contributed by atoms with van der Waals surface area (Å²) in [7, 11) is 1.53. The number of aryl methyl sites for hydroxylation is 2. The first-order chi connectivity index (χ1) is 13.3. The van der Waals surface area contributed by atoms with Crippen LogP contribution in [0.1, 0.15) is 17.5 Å². The predicted molar refractivity (Wildman–Crippen MR) is 106 cm³/mol. The van der Waals surface area contributed by atoms with Crippen molar-refractivity contribution >= 4 is 29.1 Å². The fourth-order valence-electron chi connectivity index (χ4n) is 3.04. The van der Waals surface area contributed by atoms with Crippen molar-refractivity contribution in [2.75, 3.05) is 24.2 Å². The van der Waals surface area contributed by atoms with Crippen LogP contribution in [0.2, 0.25) is 0 Å². The summed E-state index contributed by atoms with van der Waals surface area (Å²) in [5.74, 6) is -0.500. The molecule has 0 spiro atoms. The normalized spacial score (nSPS) is 15.1. The Balaban J connectivity index is 1.57. The first kappa shape index (κ1) is 19.4. The largest absolute Gasteiger partial charge is 0.478 e. The van der Waals surface area contributed by atoms with Crippen molar-refractivity contribution < 1.29 is 19.1 Å². The summed E-state index contributed by atoms with van der Waals surface area (Å²) in [5, 5.41) is 5.57. The highest BCUT2D eigenvalue weighted by Gasteiger charge is 2.30. The van der Waals surface area contributed by atoms with Crippen LogP contribution in [0.4, 0.5) is 11.4 Å². The van der Waals surface area contributed by atoms with Gasteiger partial charge < -0.3 is 20.3 Å². The lowest BCUT2D eigenvalue weighted by atomic mass is 10.1. The Morgan fingerprint density at radius 2 is 1.79 bits per heavy atom. The highest BCUT2D eigenvalue weighted by atomic mass is 16.5. The lowest BCUT2D eigenvalue weighted by Crippen LogP contribution is -2.43.